The van der Waals surface area contributed by atoms with Crippen molar-refractivity contribution in [3.63, 3.8) is 0 Å². The molecule has 4 nitrogen and oxygen atoms in total. The van der Waals surface area contributed by atoms with Crippen LogP contribution in [0.5, 0.6) is 0 Å². The van der Waals surface area contributed by atoms with Crippen molar-refractivity contribution in [2.75, 3.05) is 0 Å². The van der Waals surface area contributed by atoms with Crippen LogP contribution in [-0.2, 0) is 0 Å². The minimum Gasteiger partial charge on any atom is -0.291 e. The van der Waals surface area contributed by atoms with Crippen LogP contribution in [-0.4, -0.2) is 19.6 Å². The third-order valence-corrected chi connectivity index (χ3v) is 3.54. The lowest BCUT2D eigenvalue weighted by Crippen LogP contribution is -1.98. The molecule has 0 aliphatic heterocycles. The van der Waals surface area contributed by atoms with E-state index in [1.54, 1.807) is 6.20 Å². The number of fused-ring (bicyclic) bond motifs is 1. The van der Waals surface area contributed by atoms with E-state index in [-0.39, 0.29) is 0 Å². The van der Waals surface area contributed by atoms with Crippen LogP contribution >= 0.6 is 12.2 Å². The van der Waals surface area contributed by atoms with Gasteiger partial charge in [0, 0.05) is 35.3 Å². The highest BCUT2D eigenvalue weighted by Gasteiger charge is 2.07. The summed E-state index contributed by atoms with van der Waals surface area (Å²) in [5.41, 5.74) is 4.82. The lowest BCUT2D eigenvalue weighted by molar-refractivity contribution is 0.902. The van der Waals surface area contributed by atoms with Crippen molar-refractivity contribution in [1.29, 1.82) is 0 Å². The summed E-state index contributed by atoms with van der Waals surface area (Å²) >= 11 is 5.42. The maximum absolute atomic E-state index is 5.42. The molecule has 0 bridgehead atoms. The van der Waals surface area contributed by atoms with Crippen molar-refractivity contribution in [2.45, 2.75) is 13.8 Å². The Hall–Kier alpha value is -2.01. The Balaban J connectivity index is 2.30. The average Bonchev–Trinajstić information content (AvgIpc) is 2.81. The van der Waals surface area contributed by atoms with Crippen LogP contribution in [0.2, 0.25) is 0 Å². The first-order valence-electron chi connectivity index (χ1n) is 5.66. The van der Waals surface area contributed by atoms with Gasteiger partial charge in [-0.05, 0) is 26.0 Å². The fourth-order valence-electron chi connectivity index (χ4n) is 1.89. The molecule has 3 rings (SSSR count). The van der Waals surface area contributed by atoms with Crippen molar-refractivity contribution in [3.05, 3.63) is 46.5 Å². The van der Waals surface area contributed by atoms with Crippen molar-refractivity contribution < 1.29 is 0 Å². The summed E-state index contributed by atoms with van der Waals surface area (Å²) in [6, 6.07) is 5.89. The Morgan fingerprint density at radius 3 is 2.89 bits per heavy atom. The van der Waals surface area contributed by atoms with E-state index in [0.717, 1.165) is 32.8 Å². The first kappa shape index (κ1) is 11.1. The van der Waals surface area contributed by atoms with E-state index in [4.69, 9.17) is 12.2 Å². The lowest BCUT2D eigenvalue weighted by atomic mass is 10.2. The van der Waals surface area contributed by atoms with Crippen molar-refractivity contribution in [2.24, 2.45) is 0 Å². The highest BCUT2D eigenvalue weighted by molar-refractivity contribution is 7.71. The van der Waals surface area contributed by atoms with Gasteiger partial charge in [0.2, 0.25) is 0 Å². The summed E-state index contributed by atoms with van der Waals surface area (Å²) < 4.78 is 2.60. The van der Waals surface area contributed by atoms with E-state index in [1.165, 1.54) is 0 Å². The van der Waals surface area contributed by atoms with Gasteiger partial charge in [0.25, 0.3) is 0 Å². The molecule has 0 saturated carbocycles. The predicted octanol–water partition coefficient (Wildman–Crippen LogP) is 3.07. The van der Waals surface area contributed by atoms with Gasteiger partial charge in [-0.3, -0.25) is 10.1 Å². The highest BCUT2D eigenvalue weighted by Crippen LogP contribution is 2.19. The summed E-state index contributed by atoms with van der Waals surface area (Å²) in [7, 11) is 0. The zero-order valence-electron chi connectivity index (χ0n) is 10.1. The summed E-state index contributed by atoms with van der Waals surface area (Å²) in [5.74, 6) is 0. The van der Waals surface area contributed by atoms with Gasteiger partial charge < -0.3 is 0 Å². The number of nitrogens with zero attached hydrogens (tertiary/aromatic N) is 3. The number of aryl methyl sites for hydroxylation is 1. The quantitative estimate of drug-likeness (QED) is 0.681. The number of nitrogens with one attached hydrogen (secondary N) is 1. The van der Waals surface area contributed by atoms with Crippen molar-refractivity contribution in [1.82, 2.24) is 19.6 Å². The molecule has 0 atom stereocenters. The van der Waals surface area contributed by atoms with Crippen LogP contribution in [0.25, 0.3) is 16.9 Å². The van der Waals surface area contributed by atoms with Crippen LogP contribution in [0.4, 0.5) is 0 Å². The number of rotatable bonds is 1. The van der Waals surface area contributed by atoms with E-state index in [0.29, 0.717) is 0 Å². The molecule has 5 heteroatoms. The second kappa shape index (κ2) is 4.03. The van der Waals surface area contributed by atoms with Crippen molar-refractivity contribution >= 4 is 17.9 Å². The molecular formula is C13H12N4S. The summed E-state index contributed by atoms with van der Waals surface area (Å²) in [5, 5.41) is 3.26. The smallest absolute Gasteiger partial charge is 0.155 e. The van der Waals surface area contributed by atoms with Gasteiger partial charge in [-0.1, -0.05) is 12.2 Å². The fourth-order valence-corrected chi connectivity index (χ4v) is 2.18. The van der Waals surface area contributed by atoms with E-state index in [2.05, 4.69) is 15.1 Å². The van der Waals surface area contributed by atoms with Crippen LogP contribution in [0.1, 0.15) is 11.3 Å². The van der Waals surface area contributed by atoms with E-state index >= 15 is 0 Å². The maximum Gasteiger partial charge on any atom is 0.155 e. The fraction of sp³-hybridized carbons (Fsp3) is 0.154. The third-order valence-electron chi connectivity index (χ3n) is 3.06. The third kappa shape index (κ3) is 1.64. The van der Waals surface area contributed by atoms with Crippen LogP contribution < -0.4 is 0 Å². The standard InChI is InChI=1S/C13H12N4S/c1-8-9(2)15-12-6-11(16-17(12)13(8)18)10-4-3-5-14-7-10/h3-7,16H,1-2H3. The first-order chi connectivity index (χ1) is 8.66. The van der Waals surface area contributed by atoms with Crippen LogP contribution in [0.3, 0.4) is 0 Å². The Kier molecular flexibility index (Phi) is 2.48. The number of pyridine rings is 1. The van der Waals surface area contributed by atoms with Gasteiger partial charge in [0.15, 0.2) is 5.65 Å². The lowest BCUT2D eigenvalue weighted by Gasteiger charge is -2.01. The van der Waals surface area contributed by atoms with Gasteiger partial charge in [-0.25, -0.2) is 9.50 Å². The number of hydrogen-bond acceptors (Lipinski definition) is 3. The van der Waals surface area contributed by atoms with Gasteiger partial charge >= 0.3 is 0 Å². The molecule has 0 aliphatic carbocycles. The largest absolute Gasteiger partial charge is 0.291 e. The Morgan fingerprint density at radius 2 is 2.17 bits per heavy atom. The predicted molar refractivity (Wildman–Crippen MR) is 73.1 cm³/mol. The normalized spacial score (nSPS) is 11.0. The molecule has 0 aliphatic rings. The van der Waals surface area contributed by atoms with Crippen molar-refractivity contribution in [3.8, 4) is 11.3 Å². The van der Waals surface area contributed by atoms with Crippen LogP contribution in [0, 0.1) is 18.5 Å². The summed E-state index contributed by atoms with van der Waals surface area (Å²) in [6.45, 7) is 3.96. The molecule has 18 heavy (non-hydrogen) atoms. The SMILES string of the molecule is Cc1nc2cc(-c3cccnc3)[nH]n2c(=S)c1C. The van der Waals surface area contributed by atoms with Gasteiger partial charge in [-0.15, -0.1) is 0 Å². The molecule has 3 aromatic rings. The molecular weight excluding hydrogens is 244 g/mol. The average molecular weight is 256 g/mol. The topological polar surface area (TPSA) is 46.0 Å². The zero-order valence-corrected chi connectivity index (χ0v) is 11.0. The minimum absolute atomic E-state index is 0.771. The molecule has 0 spiro atoms. The van der Waals surface area contributed by atoms with E-state index in [1.807, 2.05) is 42.8 Å². The van der Waals surface area contributed by atoms with Gasteiger partial charge in [-0.2, -0.15) is 0 Å². The molecule has 0 unspecified atom stereocenters. The number of hydrogen-bond donors (Lipinski definition) is 1. The number of H-pyrrole nitrogens is 1. The monoisotopic (exact) mass is 256 g/mol. The Labute approximate surface area is 109 Å². The maximum atomic E-state index is 5.42. The van der Waals surface area contributed by atoms with Gasteiger partial charge in [0.05, 0.1) is 5.69 Å². The molecule has 0 amide bonds. The molecule has 3 aromatic heterocycles. The Bertz CT molecular complexity index is 771. The molecule has 0 fully saturated rings. The first-order valence-corrected chi connectivity index (χ1v) is 6.07. The second-order valence-corrected chi connectivity index (χ2v) is 4.62. The second-order valence-electron chi connectivity index (χ2n) is 4.23. The molecule has 0 saturated heterocycles. The molecule has 0 aromatic carbocycles. The number of aromatic amines is 1. The molecule has 0 radical (unpaired) electrons. The van der Waals surface area contributed by atoms with E-state index in [9.17, 15) is 0 Å². The highest BCUT2D eigenvalue weighted by atomic mass is 32.1. The van der Waals surface area contributed by atoms with Crippen LogP contribution in [0.15, 0.2) is 30.6 Å². The molecule has 1 N–H and O–H groups in total. The summed E-state index contributed by atoms with van der Waals surface area (Å²) in [4.78, 5) is 8.64. The minimum atomic E-state index is 0.771. The number of aromatic nitrogens is 4. The zero-order chi connectivity index (χ0) is 12.7. The molecule has 90 valence electrons. The van der Waals surface area contributed by atoms with E-state index < -0.39 is 0 Å². The summed E-state index contributed by atoms with van der Waals surface area (Å²) in [6.07, 6.45) is 3.57. The Morgan fingerprint density at radius 1 is 1.33 bits per heavy atom. The molecule has 3 heterocycles. The van der Waals surface area contributed by atoms with Gasteiger partial charge in [0.1, 0.15) is 4.64 Å².